The van der Waals surface area contributed by atoms with Crippen molar-refractivity contribution < 1.29 is 4.39 Å². The first-order valence-electron chi connectivity index (χ1n) is 8.52. The molecule has 3 aromatic rings. The Morgan fingerprint density at radius 2 is 1.96 bits per heavy atom. The molecule has 0 spiro atoms. The molecule has 0 aliphatic heterocycles. The van der Waals surface area contributed by atoms with Crippen LogP contribution < -0.4 is 11.2 Å². The predicted molar refractivity (Wildman–Crippen MR) is 91.7 cm³/mol. The van der Waals surface area contributed by atoms with Crippen LogP contribution in [0.1, 0.15) is 31.2 Å². The second-order valence-corrected chi connectivity index (χ2v) is 6.72. The van der Waals surface area contributed by atoms with Crippen LogP contribution in [0.3, 0.4) is 0 Å². The van der Waals surface area contributed by atoms with Crippen molar-refractivity contribution in [2.45, 2.75) is 39.2 Å². The van der Waals surface area contributed by atoms with Gasteiger partial charge in [0.05, 0.1) is 5.69 Å². The molecular weight excluding hydrogens is 323 g/mol. The highest BCUT2D eigenvalue weighted by molar-refractivity contribution is 5.41. The third-order valence-electron chi connectivity index (χ3n) is 4.98. The summed E-state index contributed by atoms with van der Waals surface area (Å²) in [5, 5.41) is 4.24. The largest absolute Gasteiger partial charge is 0.350 e. The van der Waals surface area contributed by atoms with Crippen LogP contribution >= 0.6 is 0 Å². The van der Waals surface area contributed by atoms with E-state index in [1.54, 1.807) is 19.1 Å². The molecular formula is C18H19FN4O2. The highest BCUT2D eigenvalue weighted by Gasteiger charge is 2.19. The van der Waals surface area contributed by atoms with Gasteiger partial charge in [0.1, 0.15) is 5.82 Å². The standard InChI is InChI=1S/C18H19FN4O2/c1-12-6-7-14(10-15(12)19)21-8-9-22-16(17(21)24)20-23(18(22)25)11-13-4-2-3-5-13/h6-10,13H,2-5,11H2,1H3. The molecule has 0 bridgehead atoms. The summed E-state index contributed by atoms with van der Waals surface area (Å²) in [6.45, 7) is 2.20. The Labute approximate surface area is 143 Å². The van der Waals surface area contributed by atoms with Crippen LogP contribution in [0.25, 0.3) is 11.3 Å². The zero-order chi connectivity index (χ0) is 17.6. The average molecular weight is 342 g/mol. The fourth-order valence-electron chi connectivity index (χ4n) is 3.50. The smallest absolute Gasteiger partial charge is 0.279 e. The fourth-order valence-corrected chi connectivity index (χ4v) is 3.50. The zero-order valence-electron chi connectivity index (χ0n) is 14.0. The number of benzene rings is 1. The van der Waals surface area contributed by atoms with Gasteiger partial charge in [0.25, 0.3) is 0 Å². The van der Waals surface area contributed by atoms with Gasteiger partial charge < -0.3 is 0 Å². The molecule has 6 nitrogen and oxygen atoms in total. The maximum absolute atomic E-state index is 13.8. The molecule has 4 rings (SSSR count). The topological polar surface area (TPSA) is 61.3 Å². The van der Waals surface area contributed by atoms with Gasteiger partial charge in [-0.3, -0.25) is 9.36 Å². The van der Waals surface area contributed by atoms with Gasteiger partial charge in [0.15, 0.2) is 0 Å². The second-order valence-electron chi connectivity index (χ2n) is 6.72. The van der Waals surface area contributed by atoms with E-state index < -0.39 is 5.56 Å². The monoisotopic (exact) mass is 342 g/mol. The first-order valence-corrected chi connectivity index (χ1v) is 8.52. The van der Waals surface area contributed by atoms with Crippen molar-refractivity contribution in [2.24, 2.45) is 5.92 Å². The molecule has 1 aliphatic carbocycles. The Morgan fingerprint density at radius 1 is 1.20 bits per heavy atom. The lowest BCUT2D eigenvalue weighted by Crippen LogP contribution is -2.25. The Bertz CT molecular complexity index is 1060. The molecule has 1 saturated carbocycles. The molecule has 130 valence electrons. The minimum atomic E-state index is -0.437. The van der Waals surface area contributed by atoms with Gasteiger partial charge in [-0.15, -0.1) is 5.10 Å². The lowest BCUT2D eigenvalue weighted by molar-refractivity contribution is 0.420. The van der Waals surface area contributed by atoms with Gasteiger partial charge in [-0.05, 0) is 43.4 Å². The summed E-state index contributed by atoms with van der Waals surface area (Å²) in [6, 6.07) is 4.59. The maximum Gasteiger partial charge on any atom is 0.350 e. The van der Waals surface area contributed by atoms with Gasteiger partial charge in [-0.25, -0.2) is 18.3 Å². The Morgan fingerprint density at radius 3 is 2.68 bits per heavy atom. The molecule has 0 radical (unpaired) electrons. The van der Waals surface area contributed by atoms with Crippen LogP contribution in [0, 0.1) is 18.7 Å². The number of rotatable bonds is 3. The third kappa shape index (κ3) is 2.69. The van der Waals surface area contributed by atoms with Crippen LogP contribution in [-0.4, -0.2) is 18.7 Å². The number of aryl methyl sites for hydroxylation is 1. The van der Waals surface area contributed by atoms with Crippen LogP contribution in [0.2, 0.25) is 0 Å². The summed E-state index contributed by atoms with van der Waals surface area (Å²) < 4.78 is 17.8. The summed E-state index contributed by atoms with van der Waals surface area (Å²) in [5.74, 6) is 0.0597. The lowest BCUT2D eigenvalue weighted by atomic mass is 10.1. The predicted octanol–water partition coefficient (Wildman–Crippen LogP) is 2.28. The van der Waals surface area contributed by atoms with E-state index >= 15 is 0 Å². The third-order valence-corrected chi connectivity index (χ3v) is 4.98. The highest BCUT2D eigenvalue weighted by Crippen LogP contribution is 2.25. The van der Waals surface area contributed by atoms with E-state index in [4.69, 9.17) is 0 Å². The summed E-state index contributed by atoms with van der Waals surface area (Å²) in [7, 11) is 0. The Hall–Kier alpha value is -2.70. The van der Waals surface area contributed by atoms with Crippen LogP contribution in [0.4, 0.5) is 4.39 Å². The molecule has 0 saturated heterocycles. The van der Waals surface area contributed by atoms with Crippen LogP contribution in [0.5, 0.6) is 0 Å². The second kappa shape index (κ2) is 5.98. The van der Waals surface area contributed by atoms with E-state index in [-0.39, 0.29) is 17.2 Å². The van der Waals surface area contributed by atoms with Crippen molar-refractivity contribution in [2.75, 3.05) is 0 Å². The van der Waals surface area contributed by atoms with Crippen molar-refractivity contribution in [1.82, 2.24) is 18.7 Å². The Kier molecular flexibility index (Phi) is 3.78. The molecule has 0 amide bonds. The number of nitrogens with zero attached hydrogens (tertiary/aromatic N) is 4. The number of hydrogen-bond donors (Lipinski definition) is 0. The van der Waals surface area contributed by atoms with Gasteiger partial charge in [0.2, 0.25) is 5.65 Å². The van der Waals surface area contributed by atoms with E-state index in [1.807, 2.05) is 0 Å². The van der Waals surface area contributed by atoms with Crippen LogP contribution in [0.15, 0.2) is 40.2 Å². The minimum absolute atomic E-state index is 0.0616. The van der Waals surface area contributed by atoms with Gasteiger partial charge in [-0.1, -0.05) is 18.9 Å². The van der Waals surface area contributed by atoms with Crippen molar-refractivity contribution in [3.63, 3.8) is 0 Å². The minimum Gasteiger partial charge on any atom is -0.279 e. The average Bonchev–Trinajstić information content (AvgIpc) is 3.21. The zero-order valence-corrected chi connectivity index (χ0v) is 14.0. The molecule has 2 aromatic heterocycles. The van der Waals surface area contributed by atoms with Gasteiger partial charge >= 0.3 is 11.2 Å². The number of aromatic nitrogens is 4. The van der Waals surface area contributed by atoms with E-state index in [1.165, 1.54) is 45.0 Å². The molecule has 0 atom stereocenters. The van der Waals surface area contributed by atoms with Crippen molar-refractivity contribution in [3.05, 3.63) is 62.8 Å². The van der Waals surface area contributed by atoms with Crippen molar-refractivity contribution in [3.8, 4) is 5.69 Å². The SMILES string of the molecule is Cc1ccc(-n2ccn3c(=O)n(CC4CCCC4)nc3c2=O)cc1F. The summed E-state index contributed by atoms with van der Waals surface area (Å²) in [4.78, 5) is 25.2. The fraction of sp³-hybridized carbons (Fsp3) is 0.389. The first-order chi connectivity index (χ1) is 12.0. The molecule has 2 heterocycles. The molecule has 25 heavy (non-hydrogen) atoms. The normalized spacial score (nSPS) is 15.3. The van der Waals surface area contributed by atoms with E-state index in [0.29, 0.717) is 23.7 Å². The highest BCUT2D eigenvalue weighted by atomic mass is 19.1. The number of fused-ring (bicyclic) bond motifs is 1. The Balaban J connectivity index is 1.80. The maximum atomic E-state index is 13.8. The van der Waals surface area contributed by atoms with E-state index in [0.717, 1.165) is 12.8 Å². The molecule has 0 unspecified atom stereocenters. The number of hydrogen-bond acceptors (Lipinski definition) is 3. The lowest BCUT2D eigenvalue weighted by Gasteiger charge is -2.06. The van der Waals surface area contributed by atoms with Gasteiger partial charge in [0, 0.05) is 18.9 Å². The van der Waals surface area contributed by atoms with Crippen LogP contribution in [-0.2, 0) is 6.54 Å². The first kappa shape index (κ1) is 15.8. The van der Waals surface area contributed by atoms with Crippen molar-refractivity contribution >= 4 is 5.65 Å². The van der Waals surface area contributed by atoms with E-state index in [2.05, 4.69) is 5.10 Å². The quantitative estimate of drug-likeness (QED) is 0.734. The van der Waals surface area contributed by atoms with E-state index in [9.17, 15) is 14.0 Å². The molecule has 1 aliphatic rings. The van der Waals surface area contributed by atoms with Gasteiger partial charge in [-0.2, -0.15) is 0 Å². The summed E-state index contributed by atoms with van der Waals surface area (Å²) in [5.41, 5.74) is 0.240. The molecule has 0 N–H and O–H groups in total. The summed E-state index contributed by atoms with van der Waals surface area (Å²) >= 11 is 0. The number of halogens is 1. The molecule has 1 aromatic carbocycles. The molecule has 1 fully saturated rings. The van der Waals surface area contributed by atoms with Crippen molar-refractivity contribution in [1.29, 1.82) is 0 Å². The summed E-state index contributed by atoms with van der Waals surface area (Å²) in [6.07, 6.45) is 7.52. The molecule has 7 heteroatoms.